The molecule has 0 radical (unpaired) electrons. The topological polar surface area (TPSA) is 89.5 Å². The Bertz CT molecular complexity index is 857. The molecule has 0 aromatic heterocycles. The molecule has 0 unspecified atom stereocenters. The van der Waals surface area contributed by atoms with Crippen molar-refractivity contribution in [2.75, 3.05) is 18.2 Å². The molecule has 0 saturated heterocycles. The van der Waals surface area contributed by atoms with Crippen LogP contribution in [0.3, 0.4) is 0 Å². The third-order valence-corrected chi connectivity index (χ3v) is 4.93. The van der Waals surface area contributed by atoms with Crippen molar-refractivity contribution in [2.45, 2.75) is 11.8 Å². The molecule has 0 atom stereocenters. The van der Waals surface area contributed by atoms with Gasteiger partial charge in [-0.25, -0.2) is 8.42 Å². The van der Waals surface area contributed by atoms with E-state index in [1.54, 1.807) is 18.2 Å². The maximum absolute atomic E-state index is 12.3. The highest BCUT2D eigenvalue weighted by Gasteiger charge is 2.19. The second-order valence-corrected chi connectivity index (χ2v) is 7.11. The Morgan fingerprint density at radius 2 is 1.75 bits per heavy atom. The van der Waals surface area contributed by atoms with Crippen LogP contribution in [-0.2, 0) is 14.6 Å². The summed E-state index contributed by atoms with van der Waals surface area (Å²) < 4.78 is 29.5. The number of Topliss-reactive ketones (excluding diaryl/α,β-unsaturated/α-hetero) is 1. The van der Waals surface area contributed by atoms with Crippen LogP contribution in [0.2, 0.25) is 0 Å². The van der Waals surface area contributed by atoms with E-state index in [2.05, 4.69) is 5.32 Å². The first kappa shape index (κ1) is 17.7. The van der Waals surface area contributed by atoms with E-state index in [-0.39, 0.29) is 10.7 Å². The van der Waals surface area contributed by atoms with Gasteiger partial charge >= 0.3 is 0 Å². The summed E-state index contributed by atoms with van der Waals surface area (Å²) in [5.41, 5.74) is 0.809. The Hall–Kier alpha value is -2.67. The zero-order chi connectivity index (χ0) is 17.7. The maximum Gasteiger partial charge on any atom is 0.239 e. The number of benzene rings is 2. The van der Waals surface area contributed by atoms with Crippen LogP contribution in [0.15, 0.2) is 53.4 Å². The fourth-order valence-electron chi connectivity index (χ4n) is 2.05. The summed E-state index contributed by atoms with van der Waals surface area (Å²) in [4.78, 5) is 23.4. The molecule has 0 spiro atoms. The molecule has 24 heavy (non-hydrogen) atoms. The van der Waals surface area contributed by atoms with E-state index in [1.165, 1.54) is 44.4 Å². The van der Waals surface area contributed by atoms with Gasteiger partial charge in [0.2, 0.25) is 5.91 Å². The predicted octanol–water partition coefficient (Wildman–Crippen LogP) is 2.31. The number of carbonyl (C=O) groups excluding carboxylic acids is 2. The molecule has 0 aliphatic heterocycles. The number of ether oxygens (including phenoxy) is 1. The summed E-state index contributed by atoms with van der Waals surface area (Å²) in [6, 6.07) is 12.1. The highest BCUT2D eigenvalue weighted by Crippen LogP contribution is 2.17. The zero-order valence-electron chi connectivity index (χ0n) is 13.3. The van der Waals surface area contributed by atoms with Crippen LogP contribution in [0.5, 0.6) is 5.75 Å². The van der Waals surface area contributed by atoms with Gasteiger partial charge < -0.3 is 10.1 Å². The van der Waals surface area contributed by atoms with Crippen LogP contribution in [0.25, 0.3) is 0 Å². The van der Waals surface area contributed by atoms with Gasteiger partial charge in [-0.3, -0.25) is 9.59 Å². The summed E-state index contributed by atoms with van der Waals surface area (Å²) >= 11 is 0. The maximum atomic E-state index is 12.3. The Kier molecular flexibility index (Phi) is 5.35. The second-order valence-electron chi connectivity index (χ2n) is 5.12. The van der Waals surface area contributed by atoms with Gasteiger partial charge in [0.1, 0.15) is 11.5 Å². The van der Waals surface area contributed by atoms with Gasteiger partial charge in [0, 0.05) is 11.3 Å². The summed E-state index contributed by atoms with van der Waals surface area (Å²) in [5, 5.41) is 2.49. The number of amides is 1. The Morgan fingerprint density at radius 3 is 2.33 bits per heavy atom. The molecule has 0 bridgehead atoms. The molecule has 7 heteroatoms. The van der Waals surface area contributed by atoms with Crippen LogP contribution < -0.4 is 10.1 Å². The van der Waals surface area contributed by atoms with E-state index in [9.17, 15) is 18.0 Å². The zero-order valence-corrected chi connectivity index (χ0v) is 14.1. The molecule has 0 saturated carbocycles. The molecule has 126 valence electrons. The van der Waals surface area contributed by atoms with Crippen LogP contribution in [-0.4, -0.2) is 33.0 Å². The Balaban J connectivity index is 2.10. The van der Waals surface area contributed by atoms with Crippen LogP contribution >= 0.6 is 0 Å². The number of ketones is 1. The van der Waals surface area contributed by atoms with Gasteiger partial charge in [0.25, 0.3) is 0 Å². The summed E-state index contributed by atoms with van der Waals surface area (Å²) in [6.07, 6.45) is 0. The number of carbonyl (C=O) groups is 2. The van der Waals surface area contributed by atoms with Crippen molar-refractivity contribution in [1.82, 2.24) is 0 Å². The van der Waals surface area contributed by atoms with Crippen molar-refractivity contribution in [3.8, 4) is 5.75 Å². The molecule has 0 fully saturated rings. The number of rotatable bonds is 6. The second kappa shape index (κ2) is 7.27. The lowest BCUT2D eigenvalue weighted by atomic mass is 10.1. The first-order valence-electron chi connectivity index (χ1n) is 7.09. The lowest BCUT2D eigenvalue weighted by molar-refractivity contribution is -0.113. The standard InChI is InChI=1S/C17H17NO5S/c1-12(19)13-4-3-5-14(10-13)18-17(20)11-24(21,22)16-8-6-15(23-2)7-9-16/h3-10H,11H2,1-2H3,(H,18,20). The summed E-state index contributed by atoms with van der Waals surface area (Å²) in [7, 11) is -2.29. The summed E-state index contributed by atoms with van der Waals surface area (Å²) in [6.45, 7) is 1.41. The number of nitrogens with one attached hydrogen (secondary N) is 1. The number of hydrogen-bond acceptors (Lipinski definition) is 5. The van der Waals surface area contributed by atoms with Crippen molar-refractivity contribution in [2.24, 2.45) is 0 Å². The minimum atomic E-state index is -3.77. The first-order valence-corrected chi connectivity index (χ1v) is 8.75. The van der Waals surface area contributed by atoms with Gasteiger partial charge in [-0.2, -0.15) is 0 Å². The smallest absolute Gasteiger partial charge is 0.239 e. The van der Waals surface area contributed by atoms with Gasteiger partial charge in [-0.05, 0) is 43.3 Å². The normalized spacial score (nSPS) is 10.9. The van der Waals surface area contributed by atoms with Gasteiger partial charge in [-0.1, -0.05) is 12.1 Å². The fourth-order valence-corrected chi connectivity index (χ4v) is 3.19. The van der Waals surface area contributed by atoms with Gasteiger partial charge in [0.05, 0.1) is 12.0 Å². The van der Waals surface area contributed by atoms with Crippen molar-refractivity contribution in [1.29, 1.82) is 0 Å². The molecule has 1 N–H and O–H groups in total. The molecule has 6 nitrogen and oxygen atoms in total. The Morgan fingerprint density at radius 1 is 1.08 bits per heavy atom. The van der Waals surface area contributed by atoms with E-state index in [1.807, 2.05) is 0 Å². The molecular formula is C17H17NO5S. The average Bonchev–Trinajstić information content (AvgIpc) is 2.54. The fraction of sp³-hybridized carbons (Fsp3) is 0.176. The van der Waals surface area contributed by atoms with Crippen molar-refractivity contribution < 1.29 is 22.7 Å². The third-order valence-electron chi connectivity index (χ3n) is 3.29. The summed E-state index contributed by atoms with van der Waals surface area (Å²) in [5.74, 6) is -0.980. The molecule has 0 aliphatic rings. The van der Waals surface area contributed by atoms with E-state index in [0.717, 1.165) is 0 Å². The van der Waals surface area contributed by atoms with Crippen molar-refractivity contribution in [3.05, 3.63) is 54.1 Å². The SMILES string of the molecule is COc1ccc(S(=O)(=O)CC(=O)Nc2cccc(C(C)=O)c2)cc1. The van der Waals surface area contributed by atoms with E-state index >= 15 is 0 Å². The van der Waals surface area contributed by atoms with Crippen LogP contribution in [0.4, 0.5) is 5.69 Å². The van der Waals surface area contributed by atoms with Crippen molar-refractivity contribution >= 4 is 27.2 Å². The molecule has 0 heterocycles. The molecule has 0 aliphatic carbocycles. The van der Waals surface area contributed by atoms with Gasteiger partial charge in [-0.15, -0.1) is 0 Å². The number of methoxy groups -OCH3 is 1. The molecule has 1 amide bonds. The predicted molar refractivity (Wildman–Crippen MR) is 90.1 cm³/mol. The minimum Gasteiger partial charge on any atom is -0.497 e. The van der Waals surface area contributed by atoms with Gasteiger partial charge in [0.15, 0.2) is 15.6 Å². The largest absolute Gasteiger partial charge is 0.497 e. The average molecular weight is 347 g/mol. The van der Waals surface area contributed by atoms with Crippen molar-refractivity contribution in [3.63, 3.8) is 0 Å². The molecule has 2 aromatic carbocycles. The molecular weight excluding hydrogens is 330 g/mol. The lowest BCUT2D eigenvalue weighted by Crippen LogP contribution is -2.23. The first-order chi connectivity index (χ1) is 11.3. The number of hydrogen-bond donors (Lipinski definition) is 1. The van der Waals surface area contributed by atoms with E-state index < -0.39 is 21.5 Å². The minimum absolute atomic E-state index is 0.0379. The Labute approximate surface area is 140 Å². The molecule has 2 aromatic rings. The van der Waals surface area contributed by atoms with Crippen LogP contribution in [0, 0.1) is 0 Å². The monoisotopic (exact) mass is 347 g/mol. The highest BCUT2D eigenvalue weighted by atomic mass is 32.2. The van der Waals surface area contributed by atoms with Crippen LogP contribution in [0.1, 0.15) is 17.3 Å². The quantitative estimate of drug-likeness (QED) is 0.810. The lowest BCUT2D eigenvalue weighted by Gasteiger charge is -2.08. The van der Waals surface area contributed by atoms with E-state index in [0.29, 0.717) is 17.0 Å². The number of anilines is 1. The molecule has 2 rings (SSSR count). The van der Waals surface area contributed by atoms with E-state index in [4.69, 9.17) is 4.74 Å². The number of sulfone groups is 1. The highest BCUT2D eigenvalue weighted by molar-refractivity contribution is 7.92. The third kappa shape index (κ3) is 4.42.